The van der Waals surface area contributed by atoms with Crippen LogP contribution in [0.4, 0.5) is 0 Å². The second-order valence-corrected chi connectivity index (χ2v) is 7.36. The number of likely N-dealkylation sites (tertiary alicyclic amines) is 1. The first kappa shape index (κ1) is 16.1. The molecule has 5 nitrogen and oxygen atoms in total. The van der Waals surface area contributed by atoms with Gasteiger partial charge in [0.1, 0.15) is 6.04 Å². The van der Waals surface area contributed by atoms with Crippen LogP contribution in [0, 0.1) is 23.7 Å². The van der Waals surface area contributed by atoms with E-state index in [9.17, 15) is 14.4 Å². The Morgan fingerprint density at radius 3 is 2.16 bits per heavy atom. The molecule has 6 atom stereocenters. The molecule has 1 aliphatic heterocycles. The monoisotopic (exact) mass is 338 g/mol. The number of benzene rings is 1. The molecule has 1 N–H and O–H groups in total. The van der Waals surface area contributed by atoms with Crippen molar-refractivity contribution in [1.29, 1.82) is 0 Å². The first-order valence-electron chi connectivity index (χ1n) is 8.89. The standard InChI is InChI=1S/C20H22N2O3/c1-11(13-6-4-3-5-7-13)21-18(23)12(2)22-19(24)16-14-8-9-15(10-14)17(16)20(22)25/h3-9,11-12,14-17H,10H2,1-2H3,(H,21,23)/t11-,12-,14+,15+,16-,17+/m1/s1. The Labute approximate surface area is 147 Å². The zero-order chi connectivity index (χ0) is 17.7. The highest BCUT2D eigenvalue weighted by atomic mass is 16.2. The van der Waals surface area contributed by atoms with Gasteiger partial charge in [0.2, 0.25) is 17.7 Å². The molecule has 25 heavy (non-hydrogen) atoms. The van der Waals surface area contributed by atoms with Crippen LogP contribution in [0.2, 0.25) is 0 Å². The lowest BCUT2D eigenvalue weighted by Gasteiger charge is -2.25. The highest BCUT2D eigenvalue weighted by Crippen LogP contribution is 2.52. The van der Waals surface area contributed by atoms with Gasteiger partial charge < -0.3 is 5.32 Å². The summed E-state index contributed by atoms with van der Waals surface area (Å²) in [5.41, 5.74) is 0.987. The Balaban J connectivity index is 1.48. The fraction of sp³-hybridized carbons (Fsp3) is 0.450. The number of nitrogens with zero attached hydrogens (tertiary/aromatic N) is 1. The molecular formula is C20H22N2O3. The predicted molar refractivity (Wildman–Crippen MR) is 92.0 cm³/mol. The summed E-state index contributed by atoms with van der Waals surface area (Å²) in [6.07, 6.45) is 5.01. The number of carbonyl (C=O) groups excluding carboxylic acids is 3. The van der Waals surface area contributed by atoms with Gasteiger partial charge in [-0.15, -0.1) is 0 Å². The number of hydrogen-bond acceptors (Lipinski definition) is 3. The topological polar surface area (TPSA) is 66.5 Å². The van der Waals surface area contributed by atoms with E-state index in [1.807, 2.05) is 37.3 Å². The highest BCUT2D eigenvalue weighted by molar-refractivity contribution is 6.09. The van der Waals surface area contributed by atoms with Crippen LogP contribution in [0.5, 0.6) is 0 Å². The second-order valence-electron chi connectivity index (χ2n) is 7.36. The van der Waals surface area contributed by atoms with Crippen molar-refractivity contribution in [3.8, 4) is 0 Å². The van der Waals surface area contributed by atoms with E-state index >= 15 is 0 Å². The van der Waals surface area contributed by atoms with Gasteiger partial charge in [-0.25, -0.2) is 0 Å². The minimum Gasteiger partial charge on any atom is -0.348 e. The molecule has 2 bridgehead atoms. The molecule has 2 aliphatic carbocycles. The van der Waals surface area contributed by atoms with Crippen molar-refractivity contribution in [2.45, 2.75) is 32.4 Å². The third-order valence-corrected chi connectivity index (χ3v) is 5.93. The highest BCUT2D eigenvalue weighted by Gasteiger charge is 2.60. The average molecular weight is 338 g/mol. The fourth-order valence-corrected chi connectivity index (χ4v) is 4.58. The van der Waals surface area contributed by atoms with Crippen molar-refractivity contribution < 1.29 is 14.4 Å². The van der Waals surface area contributed by atoms with Gasteiger partial charge in [0.05, 0.1) is 17.9 Å². The minimum atomic E-state index is -0.781. The Kier molecular flexibility index (Phi) is 3.74. The minimum absolute atomic E-state index is 0.162. The van der Waals surface area contributed by atoms with Crippen LogP contribution in [0.3, 0.4) is 0 Å². The number of amides is 3. The molecule has 3 amide bonds. The van der Waals surface area contributed by atoms with Gasteiger partial charge in [-0.05, 0) is 37.7 Å². The van der Waals surface area contributed by atoms with E-state index in [1.165, 1.54) is 4.90 Å². The Bertz CT molecular complexity index is 727. The van der Waals surface area contributed by atoms with Gasteiger partial charge in [-0.3, -0.25) is 19.3 Å². The zero-order valence-electron chi connectivity index (χ0n) is 14.4. The van der Waals surface area contributed by atoms with Gasteiger partial charge in [0, 0.05) is 0 Å². The largest absolute Gasteiger partial charge is 0.348 e. The molecule has 0 radical (unpaired) electrons. The molecule has 4 rings (SSSR count). The summed E-state index contributed by atoms with van der Waals surface area (Å²) in [6, 6.07) is 8.67. The molecule has 130 valence electrons. The number of nitrogens with one attached hydrogen (secondary N) is 1. The molecule has 3 aliphatic rings. The van der Waals surface area contributed by atoms with E-state index in [1.54, 1.807) is 6.92 Å². The Morgan fingerprint density at radius 2 is 1.60 bits per heavy atom. The third kappa shape index (κ3) is 2.41. The van der Waals surface area contributed by atoms with Crippen molar-refractivity contribution >= 4 is 17.7 Å². The van der Waals surface area contributed by atoms with Crippen molar-refractivity contribution in [3.05, 3.63) is 48.0 Å². The molecule has 0 spiro atoms. The number of allylic oxidation sites excluding steroid dienone is 2. The maximum Gasteiger partial charge on any atom is 0.243 e. The van der Waals surface area contributed by atoms with Crippen LogP contribution in [0.15, 0.2) is 42.5 Å². The van der Waals surface area contributed by atoms with Crippen LogP contribution in [0.25, 0.3) is 0 Å². The molecule has 1 saturated heterocycles. The molecule has 1 aromatic rings. The Morgan fingerprint density at radius 1 is 1.04 bits per heavy atom. The molecule has 0 unspecified atom stereocenters. The molecule has 1 heterocycles. The van der Waals surface area contributed by atoms with Crippen molar-refractivity contribution in [2.75, 3.05) is 0 Å². The normalized spacial score (nSPS) is 32.0. The quantitative estimate of drug-likeness (QED) is 0.675. The maximum absolute atomic E-state index is 12.8. The zero-order valence-corrected chi connectivity index (χ0v) is 14.4. The average Bonchev–Trinajstić information content (AvgIpc) is 3.29. The van der Waals surface area contributed by atoms with Crippen LogP contribution >= 0.6 is 0 Å². The lowest BCUT2D eigenvalue weighted by atomic mass is 9.85. The van der Waals surface area contributed by atoms with E-state index in [-0.39, 0.29) is 47.4 Å². The van der Waals surface area contributed by atoms with Crippen molar-refractivity contribution in [3.63, 3.8) is 0 Å². The number of rotatable bonds is 4. The van der Waals surface area contributed by atoms with Crippen molar-refractivity contribution in [2.24, 2.45) is 23.7 Å². The number of imide groups is 1. The van der Waals surface area contributed by atoms with E-state index in [2.05, 4.69) is 17.5 Å². The van der Waals surface area contributed by atoms with E-state index in [0.717, 1.165) is 12.0 Å². The first-order valence-corrected chi connectivity index (χ1v) is 8.89. The Hall–Kier alpha value is -2.43. The van der Waals surface area contributed by atoms with Gasteiger partial charge in [-0.1, -0.05) is 42.5 Å². The summed E-state index contributed by atoms with van der Waals surface area (Å²) in [6.45, 7) is 3.53. The molecule has 1 saturated carbocycles. The van der Waals surface area contributed by atoms with E-state index < -0.39 is 6.04 Å². The fourth-order valence-electron chi connectivity index (χ4n) is 4.58. The summed E-state index contributed by atoms with van der Waals surface area (Å²) in [5, 5.41) is 2.92. The smallest absolute Gasteiger partial charge is 0.243 e. The number of fused-ring (bicyclic) bond motifs is 5. The van der Waals surface area contributed by atoms with Crippen LogP contribution < -0.4 is 5.32 Å². The maximum atomic E-state index is 12.8. The molecule has 0 aromatic heterocycles. The van der Waals surface area contributed by atoms with Crippen LogP contribution in [-0.4, -0.2) is 28.7 Å². The predicted octanol–water partition coefficient (Wildman–Crippen LogP) is 2.06. The van der Waals surface area contributed by atoms with Crippen LogP contribution in [0.1, 0.15) is 31.9 Å². The van der Waals surface area contributed by atoms with E-state index in [4.69, 9.17) is 0 Å². The second kappa shape index (κ2) is 5.83. The molecule has 1 aromatic carbocycles. The van der Waals surface area contributed by atoms with Gasteiger partial charge in [0.25, 0.3) is 0 Å². The summed E-state index contributed by atoms with van der Waals surface area (Å²) in [4.78, 5) is 39.4. The molecular weight excluding hydrogens is 316 g/mol. The van der Waals surface area contributed by atoms with Crippen molar-refractivity contribution in [1.82, 2.24) is 10.2 Å². The van der Waals surface area contributed by atoms with Gasteiger partial charge in [-0.2, -0.15) is 0 Å². The summed E-state index contributed by atoms with van der Waals surface area (Å²) in [5.74, 6) is -0.847. The van der Waals surface area contributed by atoms with Gasteiger partial charge >= 0.3 is 0 Å². The number of carbonyl (C=O) groups is 3. The van der Waals surface area contributed by atoms with Crippen LogP contribution in [-0.2, 0) is 14.4 Å². The summed E-state index contributed by atoms with van der Waals surface area (Å²) in [7, 11) is 0. The SMILES string of the molecule is C[C@H](C(=O)N[C@H](C)c1ccccc1)N1C(=O)[C@@H]2[C@H](C1=O)[C@H]1C=C[C@H]2C1. The summed E-state index contributed by atoms with van der Waals surface area (Å²) < 4.78 is 0. The first-order chi connectivity index (χ1) is 12.0. The lowest BCUT2D eigenvalue weighted by molar-refractivity contribution is -0.148. The summed E-state index contributed by atoms with van der Waals surface area (Å²) >= 11 is 0. The van der Waals surface area contributed by atoms with Gasteiger partial charge in [0.15, 0.2) is 0 Å². The molecule has 2 fully saturated rings. The lowest BCUT2D eigenvalue weighted by Crippen LogP contribution is -2.49. The van der Waals surface area contributed by atoms with E-state index in [0.29, 0.717) is 0 Å². The third-order valence-electron chi connectivity index (χ3n) is 5.93. The molecule has 5 heteroatoms. The number of hydrogen-bond donors (Lipinski definition) is 1.